The van der Waals surface area contributed by atoms with Crippen LogP contribution in [0.25, 0.3) is 0 Å². The Hall–Kier alpha value is -1.98. The van der Waals surface area contributed by atoms with Crippen LogP contribution in [0.5, 0.6) is 0 Å². The highest BCUT2D eigenvalue weighted by Crippen LogP contribution is 2.30. The van der Waals surface area contributed by atoms with Crippen molar-refractivity contribution in [2.24, 2.45) is 5.92 Å². The van der Waals surface area contributed by atoms with E-state index in [9.17, 15) is 4.79 Å². The van der Waals surface area contributed by atoms with Gasteiger partial charge in [-0.15, -0.1) is 0 Å². The first-order chi connectivity index (χ1) is 12.9. The van der Waals surface area contributed by atoms with Crippen LogP contribution in [0.4, 0.5) is 0 Å². The number of nitrogens with zero attached hydrogens (tertiary/aromatic N) is 3. The summed E-state index contributed by atoms with van der Waals surface area (Å²) in [5, 5.41) is 4.60. The predicted molar refractivity (Wildman–Crippen MR) is 106 cm³/mol. The van der Waals surface area contributed by atoms with Crippen LogP contribution in [0.1, 0.15) is 43.7 Å². The Morgan fingerprint density at radius 3 is 2.67 bits per heavy atom. The van der Waals surface area contributed by atoms with Crippen LogP contribution in [0.3, 0.4) is 0 Å². The Kier molecular flexibility index (Phi) is 4.91. The average molecular weight is 367 g/mol. The van der Waals surface area contributed by atoms with Gasteiger partial charge in [0.1, 0.15) is 0 Å². The fourth-order valence-corrected chi connectivity index (χ4v) is 4.03. The zero-order valence-corrected chi connectivity index (χ0v) is 16.5. The van der Waals surface area contributed by atoms with Gasteiger partial charge >= 0.3 is 0 Å². The standard InChI is InChI=1S/C22H29N3O2/c1-22(2,3)20-8-9-21(26)25(23-20)14-16-12-24(13-16)15-19-18-7-5-4-6-17(18)10-11-27-19/h4-9,16,19H,10-15H2,1-3H3. The van der Waals surface area contributed by atoms with Crippen LogP contribution >= 0.6 is 0 Å². The van der Waals surface area contributed by atoms with Crippen LogP contribution < -0.4 is 5.56 Å². The van der Waals surface area contributed by atoms with E-state index in [-0.39, 0.29) is 17.1 Å². The van der Waals surface area contributed by atoms with Crippen LogP contribution in [-0.4, -0.2) is 40.9 Å². The molecule has 4 rings (SSSR count). The maximum Gasteiger partial charge on any atom is 0.266 e. The summed E-state index contributed by atoms with van der Waals surface area (Å²) in [5.41, 5.74) is 3.66. The molecule has 0 radical (unpaired) electrons. The van der Waals surface area contributed by atoms with Crippen LogP contribution in [0.15, 0.2) is 41.2 Å². The number of rotatable bonds is 4. The molecule has 0 aliphatic carbocycles. The Bertz CT molecular complexity index is 862. The summed E-state index contributed by atoms with van der Waals surface area (Å²) in [6.07, 6.45) is 1.18. The van der Waals surface area contributed by atoms with E-state index in [1.54, 1.807) is 10.7 Å². The van der Waals surface area contributed by atoms with Gasteiger partial charge in [-0.1, -0.05) is 45.0 Å². The van der Waals surface area contributed by atoms with Gasteiger partial charge in [-0.3, -0.25) is 9.69 Å². The molecule has 0 spiro atoms. The highest BCUT2D eigenvalue weighted by molar-refractivity contribution is 5.31. The molecule has 27 heavy (non-hydrogen) atoms. The molecule has 5 nitrogen and oxygen atoms in total. The largest absolute Gasteiger partial charge is 0.372 e. The first-order valence-corrected chi connectivity index (χ1v) is 9.90. The lowest BCUT2D eigenvalue weighted by molar-refractivity contribution is -0.0177. The Morgan fingerprint density at radius 2 is 1.89 bits per heavy atom. The monoisotopic (exact) mass is 367 g/mol. The second-order valence-electron chi connectivity index (χ2n) is 8.88. The summed E-state index contributed by atoms with van der Waals surface area (Å²) < 4.78 is 7.68. The van der Waals surface area contributed by atoms with Gasteiger partial charge in [0.05, 0.1) is 24.9 Å². The second kappa shape index (κ2) is 7.21. The molecule has 5 heteroatoms. The van der Waals surface area contributed by atoms with E-state index in [0.717, 1.165) is 38.4 Å². The topological polar surface area (TPSA) is 47.4 Å². The quantitative estimate of drug-likeness (QED) is 0.834. The van der Waals surface area contributed by atoms with E-state index >= 15 is 0 Å². The van der Waals surface area contributed by atoms with Crippen molar-refractivity contribution in [1.82, 2.24) is 14.7 Å². The summed E-state index contributed by atoms with van der Waals surface area (Å²) in [6.45, 7) is 10.8. The fraction of sp³-hybridized carbons (Fsp3) is 0.545. The molecule has 1 atom stereocenters. The Labute approximate surface area is 161 Å². The summed E-state index contributed by atoms with van der Waals surface area (Å²) in [4.78, 5) is 14.6. The van der Waals surface area contributed by atoms with E-state index in [1.807, 2.05) is 6.07 Å². The van der Waals surface area contributed by atoms with Crippen molar-refractivity contribution in [2.75, 3.05) is 26.2 Å². The zero-order chi connectivity index (χ0) is 19.0. The highest BCUT2D eigenvalue weighted by Gasteiger charge is 2.31. The third-order valence-electron chi connectivity index (χ3n) is 5.62. The van der Waals surface area contributed by atoms with Crippen molar-refractivity contribution in [3.05, 3.63) is 63.6 Å². The number of fused-ring (bicyclic) bond motifs is 1. The minimum atomic E-state index is -0.0488. The van der Waals surface area contributed by atoms with Crippen molar-refractivity contribution in [2.45, 2.75) is 45.3 Å². The molecule has 1 saturated heterocycles. The van der Waals surface area contributed by atoms with Crippen molar-refractivity contribution in [1.29, 1.82) is 0 Å². The van der Waals surface area contributed by atoms with Crippen molar-refractivity contribution < 1.29 is 4.74 Å². The lowest BCUT2D eigenvalue weighted by Gasteiger charge is -2.42. The smallest absolute Gasteiger partial charge is 0.266 e. The fourth-order valence-electron chi connectivity index (χ4n) is 4.03. The van der Waals surface area contributed by atoms with Crippen LogP contribution in [-0.2, 0) is 23.1 Å². The van der Waals surface area contributed by atoms with Gasteiger partial charge in [-0.25, -0.2) is 4.68 Å². The molecule has 144 valence electrons. The summed E-state index contributed by atoms with van der Waals surface area (Å²) in [6, 6.07) is 12.1. The van der Waals surface area contributed by atoms with Crippen molar-refractivity contribution in [3.63, 3.8) is 0 Å². The molecule has 0 bridgehead atoms. The minimum Gasteiger partial charge on any atom is -0.372 e. The lowest BCUT2D eigenvalue weighted by atomic mass is 9.92. The number of aromatic nitrogens is 2. The van der Waals surface area contributed by atoms with Crippen LogP contribution in [0, 0.1) is 5.92 Å². The van der Waals surface area contributed by atoms with Gasteiger partial charge in [-0.2, -0.15) is 5.10 Å². The molecule has 1 unspecified atom stereocenters. The van der Waals surface area contributed by atoms with Gasteiger partial charge in [0.15, 0.2) is 0 Å². The molecule has 3 heterocycles. The minimum absolute atomic E-state index is 0.00834. The molecule has 0 saturated carbocycles. The maximum atomic E-state index is 12.2. The van der Waals surface area contributed by atoms with Crippen molar-refractivity contribution in [3.8, 4) is 0 Å². The molecule has 2 aliphatic rings. The Morgan fingerprint density at radius 1 is 1.11 bits per heavy atom. The first-order valence-electron chi connectivity index (χ1n) is 9.90. The second-order valence-corrected chi connectivity index (χ2v) is 8.88. The van der Waals surface area contributed by atoms with E-state index in [2.05, 4.69) is 55.0 Å². The van der Waals surface area contributed by atoms with E-state index < -0.39 is 0 Å². The first kappa shape index (κ1) is 18.4. The zero-order valence-electron chi connectivity index (χ0n) is 16.5. The number of hydrogen-bond donors (Lipinski definition) is 0. The molecule has 0 amide bonds. The maximum absolute atomic E-state index is 12.2. The number of likely N-dealkylation sites (tertiary alicyclic amines) is 1. The van der Waals surface area contributed by atoms with E-state index in [0.29, 0.717) is 12.5 Å². The highest BCUT2D eigenvalue weighted by atomic mass is 16.5. The van der Waals surface area contributed by atoms with Gasteiger partial charge in [0.25, 0.3) is 5.56 Å². The molecule has 2 aromatic rings. The number of hydrogen-bond acceptors (Lipinski definition) is 4. The summed E-state index contributed by atoms with van der Waals surface area (Å²) >= 11 is 0. The number of benzene rings is 1. The number of ether oxygens (including phenoxy) is 1. The predicted octanol–water partition coefficient (Wildman–Crippen LogP) is 2.79. The van der Waals surface area contributed by atoms with E-state index in [4.69, 9.17) is 4.74 Å². The van der Waals surface area contributed by atoms with Gasteiger partial charge in [0.2, 0.25) is 0 Å². The third kappa shape index (κ3) is 3.99. The van der Waals surface area contributed by atoms with Gasteiger partial charge in [0, 0.05) is 37.0 Å². The molecule has 1 aromatic heterocycles. The molecular formula is C22H29N3O2. The lowest BCUT2D eigenvalue weighted by Crippen LogP contribution is -2.51. The van der Waals surface area contributed by atoms with Gasteiger partial charge < -0.3 is 4.74 Å². The third-order valence-corrected chi connectivity index (χ3v) is 5.62. The molecule has 0 N–H and O–H groups in total. The van der Waals surface area contributed by atoms with Gasteiger partial charge in [-0.05, 0) is 23.6 Å². The molecular weight excluding hydrogens is 338 g/mol. The van der Waals surface area contributed by atoms with Crippen molar-refractivity contribution >= 4 is 0 Å². The molecule has 1 fully saturated rings. The Balaban J connectivity index is 1.35. The summed E-state index contributed by atoms with van der Waals surface area (Å²) in [5.74, 6) is 0.476. The van der Waals surface area contributed by atoms with E-state index in [1.165, 1.54) is 11.1 Å². The normalized spacial score (nSPS) is 20.9. The SMILES string of the molecule is CC(C)(C)c1ccc(=O)n(CC2CN(CC3OCCc4ccccc43)C2)n1. The average Bonchev–Trinajstić information content (AvgIpc) is 2.60. The molecule has 1 aromatic carbocycles. The van der Waals surface area contributed by atoms with Crippen LogP contribution in [0.2, 0.25) is 0 Å². The molecule has 2 aliphatic heterocycles. The summed E-state index contributed by atoms with van der Waals surface area (Å²) in [7, 11) is 0.